The Morgan fingerprint density at radius 3 is 2.41 bits per heavy atom. The first-order chi connectivity index (χ1) is 12.5. The first-order valence-corrected chi connectivity index (χ1v) is 9.02. The number of aryl methyl sites for hydroxylation is 2. The number of carbonyl (C=O) groups excluding carboxylic acids is 3. The Morgan fingerprint density at radius 1 is 1.15 bits per heavy atom. The van der Waals surface area contributed by atoms with Crippen LogP contribution in [0.5, 0.6) is 0 Å². The summed E-state index contributed by atoms with van der Waals surface area (Å²) in [7, 11) is 0. The summed E-state index contributed by atoms with van der Waals surface area (Å²) < 4.78 is 10.2. The van der Waals surface area contributed by atoms with E-state index in [4.69, 9.17) is 9.47 Å². The number of alkyl carbamates (subject to hydrolysis) is 1. The van der Waals surface area contributed by atoms with Gasteiger partial charge in [0, 0.05) is 18.7 Å². The third kappa shape index (κ3) is 9.08. The van der Waals surface area contributed by atoms with Crippen LogP contribution < -0.4 is 10.6 Å². The van der Waals surface area contributed by atoms with Crippen molar-refractivity contribution in [3.63, 3.8) is 0 Å². The van der Waals surface area contributed by atoms with Gasteiger partial charge in [-0.25, -0.2) is 4.79 Å². The number of esters is 1. The van der Waals surface area contributed by atoms with Crippen LogP contribution in [0.1, 0.15) is 51.7 Å². The van der Waals surface area contributed by atoms with Gasteiger partial charge in [0.1, 0.15) is 5.60 Å². The molecule has 0 aliphatic heterocycles. The van der Waals surface area contributed by atoms with Gasteiger partial charge in [-0.2, -0.15) is 0 Å². The van der Waals surface area contributed by atoms with Gasteiger partial charge in [-0.3, -0.25) is 9.59 Å². The van der Waals surface area contributed by atoms with Crippen molar-refractivity contribution in [3.05, 3.63) is 29.3 Å². The van der Waals surface area contributed by atoms with Gasteiger partial charge >= 0.3 is 12.1 Å². The monoisotopic (exact) mass is 378 g/mol. The minimum Gasteiger partial charge on any atom is -0.453 e. The summed E-state index contributed by atoms with van der Waals surface area (Å²) in [6, 6.07) is 5.68. The molecule has 0 fully saturated rings. The molecule has 7 nitrogen and oxygen atoms in total. The molecule has 1 atom stereocenters. The molecule has 0 unspecified atom stereocenters. The molecule has 0 heterocycles. The number of anilines is 1. The largest absolute Gasteiger partial charge is 0.453 e. The maximum atomic E-state index is 12.2. The topological polar surface area (TPSA) is 93.7 Å². The molecule has 0 radical (unpaired) electrons. The second kappa shape index (κ2) is 9.94. The Balaban J connectivity index is 2.33. The molecule has 2 N–H and O–H groups in total. The zero-order valence-corrected chi connectivity index (χ0v) is 17.0. The maximum Gasteiger partial charge on any atom is 0.407 e. The Labute approximate surface area is 160 Å². The van der Waals surface area contributed by atoms with E-state index in [0.29, 0.717) is 12.1 Å². The molecule has 0 aromatic heterocycles. The highest BCUT2D eigenvalue weighted by molar-refractivity contribution is 5.95. The van der Waals surface area contributed by atoms with Crippen LogP contribution in [0.3, 0.4) is 0 Å². The van der Waals surface area contributed by atoms with Gasteiger partial charge < -0.3 is 20.1 Å². The van der Waals surface area contributed by atoms with Crippen LogP contribution in [-0.2, 0) is 19.1 Å². The van der Waals surface area contributed by atoms with E-state index in [2.05, 4.69) is 10.6 Å². The van der Waals surface area contributed by atoms with E-state index in [-0.39, 0.29) is 18.9 Å². The minimum atomic E-state index is -0.906. The fraction of sp³-hybridized carbons (Fsp3) is 0.550. The Kier molecular flexibility index (Phi) is 8.28. The number of nitrogens with one attached hydrogen (secondary N) is 2. The number of ether oxygens (including phenoxy) is 2. The van der Waals surface area contributed by atoms with Crippen molar-refractivity contribution in [1.29, 1.82) is 0 Å². The molecule has 2 amide bonds. The standard InChI is InChI=1S/C20H30N2O5/c1-13-9-10-16(14(2)12-13)22-18(24)15(3)26-17(23)8-7-11-21-19(25)27-20(4,5)6/h9-10,12,15H,7-8,11H2,1-6H3,(H,21,25)(H,22,24)/t15-/m0/s1. The average molecular weight is 378 g/mol. The third-order valence-electron chi connectivity index (χ3n) is 3.54. The number of hydrogen-bond donors (Lipinski definition) is 2. The molecule has 27 heavy (non-hydrogen) atoms. The van der Waals surface area contributed by atoms with Crippen LogP contribution in [0.2, 0.25) is 0 Å². The fourth-order valence-electron chi connectivity index (χ4n) is 2.24. The number of carbonyl (C=O) groups is 3. The third-order valence-corrected chi connectivity index (χ3v) is 3.54. The first kappa shape index (κ1) is 22.5. The second-order valence-electron chi connectivity index (χ2n) is 7.47. The summed E-state index contributed by atoms with van der Waals surface area (Å²) in [6.07, 6.45) is -0.949. The van der Waals surface area contributed by atoms with Gasteiger partial charge in [0.2, 0.25) is 0 Å². The molecule has 150 valence electrons. The highest BCUT2D eigenvalue weighted by Crippen LogP contribution is 2.16. The van der Waals surface area contributed by atoms with Crippen LogP contribution in [0.4, 0.5) is 10.5 Å². The fourth-order valence-corrected chi connectivity index (χ4v) is 2.24. The summed E-state index contributed by atoms with van der Waals surface area (Å²) >= 11 is 0. The molecule has 0 aliphatic carbocycles. The van der Waals surface area contributed by atoms with E-state index in [1.807, 2.05) is 32.0 Å². The minimum absolute atomic E-state index is 0.0942. The van der Waals surface area contributed by atoms with Gasteiger partial charge in [0.25, 0.3) is 5.91 Å². The molecule has 1 aromatic carbocycles. The quantitative estimate of drug-likeness (QED) is 0.560. The Morgan fingerprint density at radius 2 is 1.81 bits per heavy atom. The number of amides is 2. The molecule has 0 saturated heterocycles. The lowest BCUT2D eigenvalue weighted by atomic mass is 10.1. The van der Waals surface area contributed by atoms with Crippen molar-refractivity contribution >= 4 is 23.7 Å². The molecule has 7 heteroatoms. The van der Waals surface area contributed by atoms with Crippen molar-refractivity contribution in [1.82, 2.24) is 5.32 Å². The van der Waals surface area contributed by atoms with E-state index in [1.165, 1.54) is 6.92 Å². The lowest BCUT2D eigenvalue weighted by Crippen LogP contribution is -2.33. The first-order valence-electron chi connectivity index (χ1n) is 9.02. The molecule has 0 aliphatic rings. The van der Waals surface area contributed by atoms with Gasteiger partial charge in [0.05, 0.1) is 0 Å². The van der Waals surface area contributed by atoms with E-state index in [0.717, 1.165) is 11.1 Å². The van der Waals surface area contributed by atoms with Gasteiger partial charge in [-0.1, -0.05) is 17.7 Å². The molecular weight excluding hydrogens is 348 g/mol. The number of hydrogen-bond acceptors (Lipinski definition) is 5. The molecule has 0 bridgehead atoms. The summed E-state index contributed by atoms with van der Waals surface area (Å²) in [5.41, 5.74) is 2.16. The zero-order chi connectivity index (χ0) is 20.6. The Bertz CT molecular complexity index is 679. The van der Waals surface area contributed by atoms with Crippen molar-refractivity contribution < 1.29 is 23.9 Å². The van der Waals surface area contributed by atoms with E-state index in [1.54, 1.807) is 20.8 Å². The van der Waals surface area contributed by atoms with Gasteiger partial charge in [0.15, 0.2) is 6.10 Å². The van der Waals surface area contributed by atoms with Gasteiger partial charge in [-0.05, 0) is 59.6 Å². The normalized spacial score (nSPS) is 12.1. The maximum absolute atomic E-state index is 12.2. The SMILES string of the molecule is Cc1ccc(NC(=O)[C@H](C)OC(=O)CCCNC(=O)OC(C)(C)C)c(C)c1. The van der Waals surface area contributed by atoms with Crippen LogP contribution in [-0.4, -0.2) is 36.2 Å². The highest BCUT2D eigenvalue weighted by atomic mass is 16.6. The Hall–Kier alpha value is -2.57. The van der Waals surface area contributed by atoms with Crippen LogP contribution in [0.15, 0.2) is 18.2 Å². The highest BCUT2D eigenvalue weighted by Gasteiger charge is 2.19. The molecular formula is C20H30N2O5. The summed E-state index contributed by atoms with van der Waals surface area (Å²) in [5.74, 6) is -0.883. The summed E-state index contributed by atoms with van der Waals surface area (Å²) in [4.78, 5) is 35.5. The lowest BCUT2D eigenvalue weighted by Gasteiger charge is -2.19. The van der Waals surface area contributed by atoms with E-state index in [9.17, 15) is 14.4 Å². The number of benzene rings is 1. The van der Waals surface area contributed by atoms with E-state index < -0.39 is 23.8 Å². The van der Waals surface area contributed by atoms with Crippen molar-refractivity contribution in [2.45, 2.75) is 66.1 Å². The summed E-state index contributed by atoms with van der Waals surface area (Å²) in [6.45, 7) is 11.0. The zero-order valence-electron chi connectivity index (χ0n) is 17.0. The average Bonchev–Trinajstić information content (AvgIpc) is 2.52. The lowest BCUT2D eigenvalue weighted by molar-refractivity contribution is -0.153. The predicted octanol–water partition coefficient (Wildman–Crippen LogP) is 3.48. The van der Waals surface area contributed by atoms with Crippen molar-refractivity contribution in [3.8, 4) is 0 Å². The number of rotatable bonds is 7. The van der Waals surface area contributed by atoms with Crippen LogP contribution in [0.25, 0.3) is 0 Å². The predicted molar refractivity (Wildman–Crippen MR) is 104 cm³/mol. The smallest absolute Gasteiger partial charge is 0.407 e. The van der Waals surface area contributed by atoms with Gasteiger partial charge in [-0.15, -0.1) is 0 Å². The molecule has 0 saturated carbocycles. The molecule has 0 spiro atoms. The van der Waals surface area contributed by atoms with Crippen LogP contribution >= 0.6 is 0 Å². The van der Waals surface area contributed by atoms with E-state index >= 15 is 0 Å². The molecule has 1 aromatic rings. The van der Waals surface area contributed by atoms with Crippen molar-refractivity contribution in [2.24, 2.45) is 0 Å². The molecule has 1 rings (SSSR count). The second-order valence-corrected chi connectivity index (χ2v) is 7.47. The summed E-state index contributed by atoms with van der Waals surface area (Å²) in [5, 5.41) is 5.32. The van der Waals surface area contributed by atoms with Crippen molar-refractivity contribution in [2.75, 3.05) is 11.9 Å². The van der Waals surface area contributed by atoms with Crippen LogP contribution in [0, 0.1) is 13.8 Å².